The fourth-order valence-electron chi connectivity index (χ4n) is 1.39. The van der Waals surface area contributed by atoms with Crippen molar-refractivity contribution in [1.82, 2.24) is 0 Å². The molecule has 0 aromatic heterocycles. The SMILES string of the molecule is NC(=O)O[C@H](CCCO)c1ccc(F)cc1. The first kappa shape index (κ1) is 12.4. The fourth-order valence-corrected chi connectivity index (χ4v) is 1.39. The van der Waals surface area contributed by atoms with Crippen LogP contribution in [0.15, 0.2) is 24.3 Å². The zero-order chi connectivity index (χ0) is 12.0. The summed E-state index contributed by atoms with van der Waals surface area (Å²) in [6.07, 6.45) is -0.488. The minimum Gasteiger partial charge on any atom is -0.442 e. The maximum absolute atomic E-state index is 12.7. The summed E-state index contributed by atoms with van der Waals surface area (Å²) >= 11 is 0. The number of ether oxygens (including phenoxy) is 1. The van der Waals surface area contributed by atoms with E-state index in [-0.39, 0.29) is 12.4 Å². The molecule has 5 heteroatoms. The van der Waals surface area contributed by atoms with Gasteiger partial charge >= 0.3 is 6.09 Å². The molecule has 0 fully saturated rings. The van der Waals surface area contributed by atoms with Crippen LogP contribution in [-0.2, 0) is 4.74 Å². The number of carbonyl (C=O) groups excluding carboxylic acids is 1. The normalized spacial score (nSPS) is 12.1. The number of rotatable bonds is 5. The highest BCUT2D eigenvalue weighted by atomic mass is 19.1. The quantitative estimate of drug-likeness (QED) is 0.804. The predicted octanol–water partition coefficient (Wildman–Crippen LogP) is 1.73. The van der Waals surface area contributed by atoms with Crippen LogP contribution in [0.4, 0.5) is 9.18 Å². The van der Waals surface area contributed by atoms with E-state index in [1.807, 2.05) is 0 Å². The van der Waals surface area contributed by atoms with Crippen molar-refractivity contribution in [1.29, 1.82) is 0 Å². The second-order valence-corrected chi connectivity index (χ2v) is 3.34. The number of aliphatic hydroxyl groups is 1. The molecule has 0 unspecified atom stereocenters. The maximum Gasteiger partial charge on any atom is 0.405 e. The van der Waals surface area contributed by atoms with Crippen molar-refractivity contribution in [2.75, 3.05) is 6.61 Å². The molecule has 0 heterocycles. The van der Waals surface area contributed by atoms with Crippen LogP contribution >= 0.6 is 0 Å². The molecule has 0 aliphatic carbocycles. The van der Waals surface area contributed by atoms with Crippen molar-refractivity contribution in [3.63, 3.8) is 0 Å². The molecule has 0 saturated heterocycles. The Hall–Kier alpha value is -1.62. The van der Waals surface area contributed by atoms with Gasteiger partial charge in [0.1, 0.15) is 11.9 Å². The summed E-state index contributed by atoms with van der Waals surface area (Å²) in [7, 11) is 0. The van der Waals surface area contributed by atoms with E-state index in [0.29, 0.717) is 18.4 Å². The largest absolute Gasteiger partial charge is 0.442 e. The molecule has 1 aromatic rings. The lowest BCUT2D eigenvalue weighted by Gasteiger charge is -2.16. The summed E-state index contributed by atoms with van der Waals surface area (Å²) in [6.45, 7) is -0.000182. The Kier molecular flexibility index (Phi) is 4.72. The van der Waals surface area contributed by atoms with Crippen molar-refractivity contribution in [3.8, 4) is 0 Å². The van der Waals surface area contributed by atoms with Gasteiger partial charge in [-0.1, -0.05) is 12.1 Å². The van der Waals surface area contributed by atoms with Crippen LogP contribution in [0.25, 0.3) is 0 Å². The highest BCUT2D eigenvalue weighted by molar-refractivity contribution is 5.65. The molecule has 0 bridgehead atoms. The number of carbonyl (C=O) groups is 1. The zero-order valence-electron chi connectivity index (χ0n) is 8.73. The maximum atomic E-state index is 12.7. The Morgan fingerprint density at radius 2 is 2.06 bits per heavy atom. The third-order valence-corrected chi connectivity index (χ3v) is 2.12. The van der Waals surface area contributed by atoms with Crippen LogP contribution in [0.3, 0.4) is 0 Å². The number of benzene rings is 1. The number of aliphatic hydroxyl groups excluding tert-OH is 1. The first-order valence-corrected chi connectivity index (χ1v) is 4.96. The van der Waals surface area contributed by atoms with Gasteiger partial charge in [0.15, 0.2) is 0 Å². The Morgan fingerprint density at radius 3 is 2.56 bits per heavy atom. The highest BCUT2D eigenvalue weighted by Crippen LogP contribution is 2.22. The predicted molar refractivity (Wildman–Crippen MR) is 56.1 cm³/mol. The number of amides is 1. The van der Waals surface area contributed by atoms with Crippen LogP contribution in [0.2, 0.25) is 0 Å². The molecule has 1 rings (SSSR count). The molecule has 16 heavy (non-hydrogen) atoms. The molecule has 1 aromatic carbocycles. The van der Waals surface area contributed by atoms with Gasteiger partial charge in [-0.3, -0.25) is 0 Å². The Morgan fingerprint density at radius 1 is 1.44 bits per heavy atom. The summed E-state index contributed by atoms with van der Waals surface area (Å²) in [5.74, 6) is -0.358. The van der Waals surface area contributed by atoms with Gasteiger partial charge in [0, 0.05) is 6.61 Å². The van der Waals surface area contributed by atoms with Gasteiger partial charge < -0.3 is 15.6 Å². The van der Waals surface area contributed by atoms with Crippen molar-refractivity contribution in [3.05, 3.63) is 35.6 Å². The zero-order valence-corrected chi connectivity index (χ0v) is 8.73. The van der Waals surface area contributed by atoms with Crippen LogP contribution in [0.5, 0.6) is 0 Å². The van der Waals surface area contributed by atoms with Crippen LogP contribution < -0.4 is 5.73 Å². The average molecular weight is 227 g/mol. The lowest BCUT2D eigenvalue weighted by atomic mass is 10.1. The van der Waals surface area contributed by atoms with E-state index in [1.165, 1.54) is 24.3 Å². The Labute approximate surface area is 92.8 Å². The van der Waals surface area contributed by atoms with Crippen LogP contribution in [-0.4, -0.2) is 17.8 Å². The molecule has 4 nitrogen and oxygen atoms in total. The van der Waals surface area contributed by atoms with Crippen molar-refractivity contribution in [2.24, 2.45) is 5.73 Å². The monoisotopic (exact) mass is 227 g/mol. The Balaban J connectivity index is 2.74. The van der Waals surface area contributed by atoms with Gasteiger partial charge in [-0.15, -0.1) is 0 Å². The van der Waals surface area contributed by atoms with Crippen LogP contribution in [0.1, 0.15) is 24.5 Å². The molecule has 0 aliphatic rings. The van der Waals surface area contributed by atoms with Gasteiger partial charge in [0.25, 0.3) is 0 Å². The molecule has 0 aliphatic heterocycles. The molecule has 0 radical (unpaired) electrons. The summed E-state index contributed by atoms with van der Waals surface area (Å²) < 4.78 is 17.6. The second kappa shape index (κ2) is 6.07. The molecular formula is C11H14FNO3. The summed E-state index contributed by atoms with van der Waals surface area (Å²) in [5, 5.41) is 8.71. The molecule has 0 spiro atoms. The molecular weight excluding hydrogens is 213 g/mol. The topological polar surface area (TPSA) is 72.6 Å². The number of hydrogen-bond donors (Lipinski definition) is 2. The standard InChI is InChI=1S/C11H14FNO3/c12-9-5-3-8(4-6-9)10(2-1-7-14)16-11(13)15/h3-6,10,14H,1-2,7H2,(H2,13,15)/t10-/m1/s1. The van der Waals surface area contributed by atoms with E-state index >= 15 is 0 Å². The smallest absolute Gasteiger partial charge is 0.405 e. The average Bonchev–Trinajstić information content (AvgIpc) is 2.25. The van der Waals surface area contributed by atoms with E-state index < -0.39 is 12.2 Å². The molecule has 1 amide bonds. The van der Waals surface area contributed by atoms with E-state index in [9.17, 15) is 9.18 Å². The second-order valence-electron chi connectivity index (χ2n) is 3.34. The number of primary amides is 1. The molecule has 3 N–H and O–H groups in total. The summed E-state index contributed by atoms with van der Waals surface area (Å²) in [4.78, 5) is 10.7. The number of nitrogens with two attached hydrogens (primary N) is 1. The fraction of sp³-hybridized carbons (Fsp3) is 0.364. The van der Waals surface area contributed by atoms with Crippen LogP contribution in [0, 0.1) is 5.82 Å². The van der Waals surface area contributed by atoms with Gasteiger partial charge in [-0.25, -0.2) is 9.18 Å². The number of halogens is 1. The van der Waals surface area contributed by atoms with E-state index in [0.717, 1.165) is 0 Å². The highest BCUT2D eigenvalue weighted by Gasteiger charge is 2.14. The minimum atomic E-state index is -0.882. The van der Waals surface area contributed by atoms with E-state index in [1.54, 1.807) is 0 Å². The van der Waals surface area contributed by atoms with Gasteiger partial charge in [0.2, 0.25) is 0 Å². The first-order chi connectivity index (χ1) is 7.63. The van der Waals surface area contributed by atoms with Crippen molar-refractivity contribution in [2.45, 2.75) is 18.9 Å². The van der Waals surface area contributed by atoms with Gasteiger partial charge in [-0.2, -0.15) is 0 Å². The third kappa shape index (κ3) is 3.86. The lowest BCUT2D eigenvalue weighted by Crippen LogP contribution is -2.17. The number of hydrogen-bond acceptors (Lipinski definition) is 3. The van der Waals surface area contributed by atoms with Crippen molar-refractivity contribution < 1.29 is 19.0 Å². The molecule has 1 atom stereocenters. The third-order valence-electron chi connectivity index (χ3n) is 2.12. The summed E-state index contributed by atoms with van der Waals surface area (Å²) in [5.41, 5.74) is 5.60. The first-order valence-electron chi connectivity index (χ1n) is 4.96. The summed E-state index contributed by atoms with van der Waals surface area (Å²) in [6, 6.07) is 5.62. The Bertz CT molecular complexity index is 340. The molecule has 88 valence electrons. The van der Waals surface area contributed by atoms with E-state index in [4.69, 9.17) is 15.6 Å². The minimum absolute atomic E-state index is 0.000182. The van der Waals surface area contributed by atoms with E-state index in [2.05, 4.69) is 0 Å². The molecule has 0 saturated carbocycles. The van der Waals surface area contributed by atoms with Gasteiger partial charge in [-0.05, 0) is 30.5 Å². The lowest BCUT2D eigenvalue weighted by molar-refractivity contribution is 0.0955. The van der Waals surface area contributed by atoms with Gasteiger partial charge in [0.05, 0.1) is 0 Å². The van der Waals surface area contributed by atoms with Crippen molar-refractivity contribution >= 4 is 6.09 Å².